The predicted molar refractivity (Wildman–Crippen MR) is 74.7 cm³/mol. The summed E-state index contributed by atoms with van der Waals surface area (Å²) in [6.45, 7) is 6.69. The van der Waals surface area contributed by atoms with Gasteiger partial charge in [-0.25, -0.2) is 4.79 Å². The number of carboxylic acid groups (broad SMARTS) is 1. The number of hydrogen-bond acceptors (Lipinski definition) is 2. The average molecular weight is 254 g/mol. The molecule has 0 fully saturated rings. The number of allylic oxidation sites excluding steroid dienone is 2. The minimum Gasteiger partial charge on any atom is -0.478 e. The predicted octanol–water partition coefficient (Wildman–Crippen LogP) is 2.94. The third-order valence-electron chi connectivity index (χ3n) is 3.47. The zero-order chi connectivity index (χ0) is 13.6. The van der Waals surface area contributed by atoms with Crippen LogP contribution in [0, 0.1) is 0 Å². The molecule has 1 aliphatic heterocycles. The highest BCUT2D eigenvalue weighted by Gasteiger charge is 2.21. The Morgan fingerprint density at radius 2 is 2.37 bits per heavy atom. The molecule has 0 spiro atoms. The van der Waals surface area contributed by atoms with Crippen molar-refractivity contribution in [2.45, 2.75) is 19.9 Å². The fourth-order valence-electron chi connectivity index (χ4n) is 2.69. The van der Waals surface area contributed by atoms with E-state index in [9.17, 15) is 4.79 Å². The van der Waals surface area contributed by atoms with Crippen molar-refractivity contribution in [1.29, 1.82) is 0 Å². The Kier molecular flexibility index (Phi) is 2.52. The van der Waals surface area contributed by atoms with Crippen LogP contribution in [0.25, 0.3) is 22.0 Å². The summed E-state index contributed by atoms with van der Waals surface area (Å²) in [5.74, 6) is -0.896. The fourth-order valence-corrected chi connectivity index (χ4v) is 2.69. The maximum absolute atomic E-state index is 10.8. The molecule has 3 rings (SSSR count). The SMILES string of the molecule is C=C(C)c1nccc2c1cc1n2CC/C1=C\C(=O)O. The highest BCUT2D eigenvalue weighted by atomic mass is 16.4. The first kappa shape index (κ1) is 11.7. The van der Waals surface area contributed by atoms with Crippen molar-refractivity contribution in [3.05, 3.63) is 42.4 Å². The van der Waals surface area contributed by atoms with Crippen molar-refractivity contribution in [3.8, 4) is 0 Å². The second kappa shape index (κ2) is 4.09. The van der Waals surface area contributed by atoms with Crippen LogP contribution in [0.1, 0.15) is 24.7 Å². The highest BCUT2D eigenvalue weighted by molar-refractivity contribution is 5.97. The minimum absolute atomic E-state index is 0.766. The molecule has 0 amide bonds. The van der Waals surface area contributed by atoms with Crippen LogP contribution in [0.15, 0.2) is 31.0 Å². The molecule has 2 aromatic heterocycles. The second-order valence-electron chi connectivity index (χ2n) is 4.81. The van der Waals surface area contributed by atoms with Gasteiger partial charge in [0.25, 0.3) is 0 Å². The van der Waals surface area contributed by atoms with Crippen molar-refractivity contribution in [1.82, 2.24) is 9.55 Å². The Balaban J connectivity index is 2.27. The summed E-state index contributed by atoms with van der Waals surface area (Å²) in [6.07, 6.45) is 3.84. The Morgan fingerprint density at radius 1 is 1.58 bits per heavy atom. The summed E-state index contributed by atoms with van der Waals surface area (Å²) in [6, 6.07) is 3.99. The molecule has 0 aliphatic carbocycles. The van der Waals surface area contributed by atoms with Gasteiger partial charge in [-0.3, -0.25) is 4.98 Å². The van der Waals surface area contributed by atoms with Gasteiger partial charge in [0.1, 0.15) is 0 Å². The molecule has 19 heavy (non-hydrogen) atoms. The number of aliphatic carboxylic acids is 1. The zero-order valence-electron chi connectivity index (χ0n) is 10.7. The standard InChI is InChI=1S/C15H14N2O2/c1-9(2)15-11-8-13-10(7-14(18)19)4-6-17(13)12(11)3-5-16-15/h3,5,7-8H,1,4,6H2,2H3,(H,18,19)/b10-7+. The van der Waals surface area contributed by atoms with Crippen molar-refractivity contribution >= 4 is 28.0 Å². The molecule has 0 saturated heterocycles. The van der Waals surface area contributed by atoms with E-state index in [-0.39, 0.29) is 0 Å². The molecule has 0 unspecified atom stereocenters. The molecule has 4 heteroatoms. The molecule has 1 N–H and O–H groups in total. The lowest BCUT2D eigenvalue weighted by atomic mass is 10.1. The number of nitrogens with zero attached hydrogens (tertiary/aromatic N) is 2. The monoisotopic (exact) mass is 254 g/mol. The number of pyridine rings is 1. The normalized spacial score (nSPS) is 15.9. The number of carboxylic acids is 1. The molecule has 0 aromatic carbocycles. The van der Waals surface area contributed by atoms with Gasteiger partial charge in [0.05, 0.1) is 11.2 Å². The van der Waals surface area contributed by atoms with Gasteiger partial charge in [-0.1, -0.05) is 6.58 Å². The van der Waals surface area contributed by atoms with Crippen LogP contribution in [-0.4, -0.2) is 20.6 Å². The van der Waals surface area contributed by atoms with E-state index in [0.717, 1.165) is 46.4 Å². The molecular weight excluding hydrogens is 240 g/mol. The number of fused-ring (bicyclic) bond motifs is 3. The van der Waals surface area contributed by atoms with Gasteiger partial charge in [0.2, 0.25) is 0 Å². The molecule has 0 radical (unpaired) electrons. The van der Waals surface area contributed by atoms with Crippen molar-refractivity contribution in [2.24, 2.45) is 0 Å². The van der Waals surface area contributed by atoms with Crippen LogP contribution in [0.3, 0.4) is 0 Å². The molecule has 0 saturated carbocycles. The van der Waals surface area contributed by atoms with Gasteiger partial charge < -0.3 is 9.67 Å². The van der Waals surface area contributed by atoms with Crippen molar-refractivity contribution in [2.75, 3.05) is 0 Å². The quantitative estimate of drug-likeness (QED) is 0.838. The maximum atomic E-state index is 10.8. The Bertz CT molecular complexity index is 738. The lowest BCUT2D eigenvalue weighted by Gasteiger charge is -2.03. The van der Waals surface area contributed by atoms with E-state index in [1.807, 2.05) is 19.1 Å². The third-order valence-corrected chi connectivity index (χ3v) is 3.47. The lowest BCUT2D eigenvalue weighted by molar-refractivity contribution is -0.131. The molecular formula is C15H14N2O2. The van der Waals surface area contributed by atoms with E-state index >= 15 is 0 Å². The Morgan fingerprint density at radius 3 is 3.05 bits per heavy atom. The number of rotatable bonds is 2. The van der Waals surface area contributed by atoms with E-state index in [1.165, 1.54) is 6.08 Å². The molecule has 0 bridgehead atoms. The summed E-state index contributed by atoms with van der Waals surface area (Å²) >= 11 is 0. The molecule has 2 aromatic rings. The summed E-state index contributed by atoms with van der Waals surface area (Å²) in [5, 5.41) is 9.95. The van der Waals surface area contributed by atoms with E-state index in [2.05, 4.69) is 16.1 Å². The first-order chi connectivity index (χ1) is 9.08. The average Bonchev–Trinajstić information content (AvgIpc) is 2.88. The second-order valence-corrected chi connectivity index (χ2v) is 4.81. The summed E-state index contributed by atoms with van der Waals surface area (Å²) in [4.78, 5) is 15.2. The number of aromatic nitrogens is 2. The van der Waals surface area contributed by atoms with Crippen LogP contribution in [-0.2, 0) is 11.3 Å². The largest absolute Gasteiger partial charge is 0.478 e. The van der Waals surface area contributed by atoms with Crippen LogP contribution in [0.4, 0.5) is 0 Å². The smallest absolute Gasteiger partial charge is 0.328 e. The van der Waals surface area contributed by atoms with Gasteiger partial charge in [-0.15, -0.1) is 0 Å². The van der Waals surface area contributed by atoms with Gasteiger partial charge in [0, 0.05) is 29.9 Å². The van der Waals surface area contributed by atoms with Crippen molar-refractivity contribution < 1.29 is 9.90 Å². The Hall–Kier alpha value is -2.36. The van der Waals surface area contributed by atoms with Gasteiger partial charge in [0.15, 0.2) is 0 Å². The molecule has 96 valence electrons. The number of aryl methyl sites for hydroxylation is 1. The van der Waals surface area contributed by atoms with E-state index in [1.54, 1.807) is 6.20 Å². The van der Waals surface area contributed by atoms with Gasteiger partial charge in [-0.2, -0.15) is 0 Å². The summed E-state index contributed by atoms with van der Waals surface area (Å²) in [7, 11) is 0. The fraction of sp³-hybridized carbons (Fsp3) is 0.200. The van der Waals surface area contributed by atoms with E-state index in [4.69, 9.17) is 5.11 Å². The molecule has 4 nitrogen and oxygen atoms in total. The first-order valence-corrected chi connectivity index (χ1v) is 6.16. The molecule has 3 heterocycles. The maximum Gasteiger partial charge on any atom is 0.328 e. The van der Waals surface area contributed by atoms with Crippen LogP contribution < -0.4 is 0 Å². The van der Waals surface area contributed by atoms with Gasteiger partial charge in [-0.05, 0) is 36.6 Å². The topological polar surface area (TPSA) is 55.1 Å². The molecule has 0 atom stereocenters. The number of carbonyl (C=O) groups is 1. The van der Waals surface area contributed by atoms with Gasteiger partial charge >= 0.3 is 5.97 Å². The van der Waals surface area contributed by atoms with Crippen molar-refractivity contribution in [3.63, 3.8) is 0 Å². The minimum atomic E-state index is -0.896. The highest BCUT2D eigenvalue weighted by Crippen LogP contribution is 2.35. The lowest BCUT2D eigenvalue weighted by Crippen LogP contribution is -1.92. The van der Waals surface area contributed by atoms with Crippen LogP contribution in [0.2, 0.25) is 0 Å². The van der Waals surface area contributed by atoms with Crippen LogP contribution >= 0.6 is 0 Å². The summed E-state index contributed by atoms with van der Waals surface area (Å²) < 4.78 is 2.15. The zero-order valence-corrected chi connectivity index (χ0v) is 10.7. The summed E-state index contributed by atoms with van der Waals surface area (Å²) in [5.41, 5.74) is 4.74. The Labute approximate surface area is 110 Å². The number of hydrogen-bond donors (Lipinski definition) is 1. The van der Waals surface area contributed by atoms with E-state index < -0.39 is 5.97 Å². The van der Waals surface area contributed by atoms with Crippen LogP contribution in [0.5, 0.6) is 0 Å². The third kappa shape index (κ3) is 1.76. The molecule has 1 aliphatic rings. The van der Waals surface area contributed by atoms with E-state index in [0.29, 0.717) is 0 Å². The first-order valence-electron chi connectivity index (χ1n) is 6.16.